The Kier molecular flexibility index (Phi) is 20.4. The molecule has 0 unspecified atom stereocenters. The zero-order chi connectivity index (χ0) is 38.0. The Morgan fingerprint density at radius 1 is 0.244 bits per heavy atom. The Morgan fingerprint density at radius 2 is 0.289 bits per heavy atom. The van der Waals surface area contributed by atoms with Crippen LogP contribution in [0.15, 0.2) is 0 Å². The number of hydrogen-bond donors (Lipinski definition) is 4. The summed E-state index contributed by atoms with van der Waals surface area (Å²) in [6.45, 7) is 46.6. The van der Waals surface area contributed by atoms with Gasteiger partial charge in [-0.25, -0.2) is 0 Å². The molecular formula is C32H80N4O4Si4Ti. The molecule has 0 aromatic carbocycles. The van der Waals surface area contributed by atoms with Gasteiger partial charge in [0.05, 0.1) is 0 Å². The Balaban J connectivity index is -0.000000157. The zero-order valence-electron chi connectivity index (χ0n) is 34.4. The van der Waals surface area contributed by atoms with Crippen molar-refractivity contribution in [1.82, 2.24) is 0 Å². The van der Waals surface area contributed by atoms with Crippen LogP contribution in [0.25, 0.3) is 0 Å². The molecule has 0 spiro atoms. The summed E-state index contributed by atoms with van der Waals surface area (Å²) < 4.78 is 0. The van der Waals surface area contributed by atoms with Crippen LogP contribution in [0.1, 0.15) is 166 Å². The third-order valence-corrected chi connectivity index (χ3v) is 26.7. The first-order valence-corrected chi connectivity index (χ1v) is 23.9. The fourth-order valence-corrected chi connectivity index (χ4v) is 13.5. The Hall–Kier alpha value is 1.26. The van der Waals surface area contributed by atoms with Gasteiger partial charge < -0.3 is 40.8 Å². The number of nitrogens with two attached hydrogens (primary N) is 4. The van der Waals surface area contributed by atoms with E-state index in [1.165, 1.54) is 0 Å². The van der Waals surface area contributed by atoms with E-state index < -0.39 is 33.9 Å². The minimum absolute atomic E-state index is 0. The molecular weight excluding hydrogens is 665 g/mol. The summed E-state index contributed by atoms with van der Waals surface area (Å²) in [6.07, 6.45) is 0. The van der Waals surface area contributed by atoms with Crippen molar-refractivity contribution in [2.24, 2.45) is 21.6 Å². The first-order valence-electron chi connectivity index (χ1n) is 16.0. The van der Waals surface area contributed by atoms with Crippen molar-refractivity contribution in [3.8, 4) is 0 Å². The van der Waals surface area contributed by atoms with Gasteiger partial charge in [0.15, 0.2) is 0 Å². The Bertz CT molecular complexity index is 652. The van der Waals surface area contributed by atoms with Gasteiger partial charge in [-0.05, 0) is 40.3 Å². The van der Waals surface area contributed by atoms with E-state index in [4.69, 9.17) is 21.6 Å². The molecule has 0 radical (unpaired) electrons. The van der Waals surface area contributed by atoms with Gasteiger partial charge in [0.1, 0.15) is 0 Å². The Morgan fingerprint density at radius 3 is 0.289 bits per heavy atom. The summed E-state index contributed by atoms with van der Waals surface area (Å²) >= 11 is 0. The molecule has 0 saturated carbocycles. The van der Waals surface area contributed by atoms with E-state index in [2.05, 4.69) is 0 Å². The van der Waals surface area contributed by atoms with Crippen molar-refractivity contribution in [3.05, 3.63) is 0 Å². The maximum absolute atomic E-state index is 12.1. The summed E-state index contributed by atoms with van der Waals surface area (Å²) in [6, 6.07) is 0. The maximum atomic E-state index is 12.1. The predicted molar refractivity (Wildman–Crippen MR) is 197 cm³/mol. The summed E-state index contributed by atoms with van der Waals surface area (Å²) in [5, 5.41) is 21.3. The van der Waals surface area contributed by atoms with Crippen LogP contribution in [0.2, 0.25) is 40.3 Å². The molecule has 0 aromatic rings. The molecule has 0 aromatic heterocycles. The average Bonchev–Trinajstić information content (AvgIpc) is 2.62. The summed E-state index contributed by atoms with van der Waals surface area (Å²) in [4.78, 5) is 48.2. The van der Waals surface area contributed by atoms with Crippen LogP contribution >= 0.6 is 0 Å². The van der Waals surface area contributed by atoms with Crippen molar-refractivity contribution in [2.45, 2.75) is 206 Å². The van der Waals surface area contributed by atoms with E-state index in [-0.39, 0.29) is 62.0 Å². The van der Waals surface area contributed by atoms with Crippen molar-refractivity contribution >= 4 is 33.9 Å². The average molecular weight is 745 g/mol. The monoisotopic (exact) mass is 744 g/mol. The smallest absolute Gasteiger partial charge is 0.847 e. The number of hydrogen-bond acceptors (Lipinski definition) is 8. The van der Waals surface area contributed by atoms with E-state index in [9.17, 15) is 19.2 Å². The minimum Gasteiger partial charge on any atom is -0.847 e. The second kappa shape index (κ2) is 16.5. The molecule has 272 valence electrons. The third kappa shape index (κ3) is 15.8. The van der Waals surface area contributed by atoms with Gasteiger partial charge in [-0.3, -0.25) is 0 Å². The second-order valence-corrected chi connectivity index (χ2v) is 38.8. The van der Waals surface area contributed by atoms with E-state index in [0.29, 0.717) is 0 Å². The minimum atomic E-state index is -2.86. The topological polar surface area (TPSA) is 196 Å². The molecule has 0 aliphatic heterocycles. The molecule has 0 amide bonds. The van der Waals surface area contributed by atoms with Crippen LogP contribution in [0.3, 0.4) is 0 Å². The van der Waals surface area contributed by atoms with Crippen LogP contribution in [0.4, 0.5) is 0 Å². The van der Waals surface area contributed by atoms with Gasteiger partial charge in [0, 0.05) is 33.9 Å². The molecule has 45 heavy (non-hydrogen) atoms. The fourth-order valence-electron chi connectivity index (χ4n) is 4.50. The molecule has 0 aliphatic rings. The third-order valence-electron chi connectivity index (χ3n) is 8.91. The molecule has 0 rings (SSSR count). The van der Waals surface area contributed by atoms with E-state index in [1.807, 2.05) is 166 Å². The van der Waals surface area contributed by atoms with Crippen molar-refractivity contribution < 1.29 is 40.9 Å². The summed E-state index contributed by atoms with van der Waals surface area (Å²) in [7, 11) is -11.4. The predicted octanol–water partition coefficient (Wildman–Crippen LogP) is 5.39. The largest absolute Gasteiger partial charge is 4.00 e. The summed E-state index contributed by atoms with van der Waals surface area (Å²) in [5.74, 6) is 0. The molecule has 8 N–H and O–H groups in total. The molecule has 0 atom stereocenters. The normalized spacial score (nSPS) is 14.9. The fraction of sp³-hybridized carbons (Fsp3) is 1.00. The second-order valence-electron chi connectivity index (χ2n) is 20.9. The van der Waals surface area contributed by atoms with Crippen LogP contribution in [0, 0.1) is 0 Å². The molecule has 13 heteroatoms. The maximum Gasteiger partial charge on any atom is 4.00 e. The quantitative estimate of drug-likeness (QED) is 0.237. The molecule has 0 heterocycles. The molecule has 8 nitrogen and oxygen atoms in total. The van der Waals surface area contributed by atoms with Gasteiger partial charge >= 0.3 is 21.7 Å². The van der Waals surface area contributed by atoms with Crippen LogP contribution in [-0.2, 0) is 21.7 Å². The van der Waals surface area contributed by atoms with Gasteiger partial charge in [-0.1, -0.05) is 166 Å². The van der Waals surface area contributed by atoms with Crippen LogP contribution < -0.4 is 40.8 Å². The molecule has 0 saturated heterocycles. The van der Waals surface area contributed by atoms with Gasteiger partial charge in [-0.15, -0.1) is 0 Å². The SMILES string of the molecule is CC(C)(C)[Si](N)([O-])C(C)(C)C.CC(C)(C)[Si](N)([O-])C(C)(C)C.CC(C)(C)[Si](N)([O-])C(C)(C)C.CC(C)(C)[Si](N)([O-])C(C)(C)C.[Ti+4]. The van der Waals surface area contributed by atoms with Crippen molar-refractivity contribution in [1.29, 1.82) is 0 Å². The van der Waals surface area contributed by atoms with E-state index >= 15 is 0 Å². The van der Waals surface area contributed by atoms with Gasteiger partial charge in [0.25, 0.3) is 0 Å². The first-order chi connectivity index (χ1) is 18.0. The van der Waals surface area contributed by atoms with E-state index in [1.54, 1.807) is 0 Å². The molecule has 0 bridgehead atoms. The van der Waals surface area contributed by atoms with Crippen molar-refractivity contribution in [3.63, 3.8) is 0 Å². The Labute approximate surface area is 301 Å². The van der Waals surface area contributed by atoms with Crippen LogP contribution in [0.5, 0.6) is 0 Å². The van der Waals surface area contributed by atoms with Gasteiger partial charge in [-0.2, -0.15) is 0 Å². The van der Waals surface area contributed by atoms with Crippen molar-refractivity contribution in [2.75, 3.05) is 0 Å². The first kappa shape index (κ1) is 55.7. The van der Waals surface area contributed by atoms with E-state index in [0.717, 1.165) is 0 Å². The van der Waals surface area contributed by atoms with Crippen LogP contribution in [-0.4, -0.2) is 33.9 Å². The van der Waals surface area contributed by atoms with Gasteiger partial charge in [0.2, 0.25) is 0 Å². The number of rotatable bonds is 0. The molecule has 0 aliphatic carbocycles. The molecule has 0 fully saturated rings. The summed E-state index contributed by atoms with van der Waals surface area (Å²) in [5.41, 5.74) is 0. The standard InChI is InChI=1S/4C8H20NOSi.Ti/c4*1-7(2,3)11(9,10)8(4,5)6;/h4*9H2,1-6H3;/q4*-1;+4. The zero-order valence-corrected chi connectivity index (χ0v) is 40.0.